The van der Waals surface area contributed by atoms with E-state index in [0.29, 0.717) is 5.92 Å². The summed E-state index contributed by atoms with van der Waals surface area (Å²) in [4.78, 5) is 7.30. The number of guanidine groups is 1. The topological polar surface area (TPSA) is 36.9 Å². The van der Waals surface area contributed by atoms with Crippen molar-refractivity contribution >= 4 is 45.9 Å². The van der Waals surface area contributed by atoms with Gasteiger partial charge in [0.2, 0.25) is 0 Å². The first-order valence-corrected chi connectivity index (χ1v) is 10.3. The third-order valence-electron chi connectivity index (χ3n) is 5.55. The highest BCUT2D eigenvalue weighted by atomic mass is 127. The molecule has 0 aromatic heterocycles. The Labute approximate surface area is 183 Å². The number of rotatable bonds is 6. The SMILES string of the molecule is CCNC(=NCC1(c2ccc(Br)cc2)CCC1)N(C)CC1CCOC1.I. The van der Waals surface area contributed by atoms with Gasteiger partial charge in [0.1, 0.15) is 0 Å². The average Bonchev–Trinajstić information content (AvgIpc) is 3.07. The molecule has 1 aliphatic carbocycles. The molecule has 1 unspecified atom stereocenters. The molecule has 2 fully saturated rings. The normalized spacial score (nSPS) is 21.7. The summed E-state index contributed by atoms with van der Waals surface area (Å²) in [6.45, 7) is 6.69. The van der Waals surface area contributed by atoms with Gasteiger partial charge in [-0.05, 0) is 43.9 Å². The Hall–Kier alpha value is -0.340. The van der Waals surface area contributed by atoms with Crippen LogP contribution in [0.2, 0.25) is 0 Å². The van der Waals surface area contributed by atoms with Gasteiger partial charge >= 0.3 is 0 Å². The quantitative estimate of drug-likeness (QED) is 0.333. The van der Waals surface area contributed by atoms with E-state index < -0.39 is 0 Å². The van der Waals surface area contributed by atoms with Gasteiger partial charge in [-0.3, -0.25) is 4.99 Å². The highest BCUT2D eigenvalue weighted by Crippen LogP contribution is 2.44. The molecule has 2 aliphatic rings. The highest BCUT2D eigenvalue weighted by molar-refractivity contribution is 14.0. The Morgan fingerprint density at radius 1 is 1.35 bits per heavy atom. The predicted molar refractivity (Wildman–Crippen MR) is 123 cm³/mol. The predicted octanol–water partition coefficient (Wildman–Crippen LogP) is 4.42. The van der Waals surface area contributed by atoms with Gasteiger partial charge in [-0.1, -0.05) is 34.5 Å². The van der Waals surface area contributed by atoms with Crippen molar-refractivity contribution in [3.63, 3.8) is 0 Å². The van der Waals surface area contributed by atoms with Gasteiger partial charge in [0.05, 0.1) is 13.2 Å². The molecule has 1 saturated heterocycles. The number of benzene rings is 1. The van der Waals surface area contributed by atoms with Crippen molar-refractivity contribution in [3.05, 3.63) is 34.3 Å². The first-order chi connectivity index (χ1) is 12.1. The number of hydrogen-bond donors (Lipinski definition) is 1. The van der Waals surface area contributed by atoms with Gasteiger partial charge in [0, 0.05) is 42.5 Å². The van der Waals surface area contributed by atoms with Crippen LogP contribution in [-0.4, -0.2) is 50.8 Å². The molecule has 1 aromatic carbocycles. The van der Waals surface area contributed by atoms with Crippen LogP contribution < -0.4 is 5.32 Å². The molecule has 3 rings (SSSR count). The largest absolute Gasteiger partial charge is 0.381 e. The third-order valence-corrected chi connectivity index (χ3v) is 6.08. The molecule has 0 bridgehead atoms. The van der Waals surface area contributed by atoms with Gasteiger partial charge in [-0.25, -0.2) is 0 Å². The third kappa shape index (κ3) is 5.35. The van der Waals surface area contributed by atoms with Crippen molar-refractivity contribution < 1.29 is 4.74 Å². The van der Waals surface area contributed by atoms with Crippen LogP contribution in [0.15, 0.2) is 33.7 Å². The lowest BCUT2D eigenvalue weighted by Gasteiger charge is -2.41. The minimum Gasteiger partial charge on any atom is -0.381 e. The average molecular weight is 536 g/mol. The molecule has 1 aliphatic heterocycles. The summed E-state index contributed by atoms with van der Waals surface area (Å²) in [5, 5.41) is 3.47. The van der Waals surface area contributed by atoms with E-state index in [1.807, 2.05) is 0 Å². The summed E-state index contributed by atoms with van der Waals surface area (Å²) >= 11 is 3.54. The summed E-state index contributed by atoms with van der Waals surface area (Å²) in [5.41, 5.74) is 1.65. The van der Waals surface area contributed by atoms with Crippen molar-refractivity contribution in [1.29, 1.82) is 0 Å². The molecular formula is C20H31BrIN3O. The molecular weight excluding hydrogens is 505 g/mol. The minimum atomic E-state index is 0. The Balaban J connectivity index is 0.00000243. The fourth-order valence-corrected chi connectivity index (χ4v) is 4.11. The summed E-state index contributed by atoms with van der Waals surface area (Å²) in [7, 11) is 2.15. The zero-order valence-electron chi connectivity index (χ0n) is 15.8. The number of nitrogens with zero attached hydrogens (tertiary/aromatic N) is 2. The number of aliphatic imine (C=N–C) groups is 1. The maximum absolute atomic E-state index is 5.52. The number of halogens is 2. The zero-order valence-corrected chi connectivity index (χ0v) is 19.8. The van der Waals surface area contributed by atoms with Crippen LogP contribution in [0.4, 0.5) is 0 Å². The zero-order chi connectivity index (χ0) is 17.7. The number of nitrogens with one attached hydrogen (secondary N) is 1. The second kappa shape index (κ2) is 10.3. The molecule has 0 amide bonds. The van der Waals surface area contributed by atoms with E-state index in [2.05, 4.69) is 64.4 Å². The van der Waals surface area contributed by atoms with E-state index in [-0.39, 0.29) is 29.4 Å². The van der Waals surface area contributed by atoms with E-state index in [4.69, 9.17) is 9.73 Å². The minimum absolute atomic E-state index is 0. The first-order valence-electron chi connectivity index (χ1n) is 9.46. The lowest BCUT2D eigenvalue weighted by atomic mass is 9.64. The summed E-state index contributed by atoms with van der Waals surface area (Å²) in [6, 6.07) is 8.81. The second-order valence-corrected chi connectivity index (χ2v) is 8.34. The van der Waals surface area contributed by atoms with Crippen LogP contribution in [0.25, 0.3) is 0 Å². The molecule has 1 N–H and O–H groups in total. The van der Waals surface area contributed by atoms with Crippen LogP contribution >= 0.6 is 39.9 Å². The molecule has 6 heteroatoms. The van der Waals surface area contributed by atoms with Crippen LogP contribution in [0.5, 0.6) is 0 Å². The van der Waals surface area contributed by atoms with Crippen LogP contribution in [0, 0.1) is 5.92 Å². The monoisotopic (exact) mass is 535 g/mol. The summed E-state index contributed by atoms with van der Waals surface area (Å²) in [6.07, 6.45) is 4.93. The van der Waals surface area contributed by atoms with E-state index in [1.54, 1.807) is 0 Å². The summed E-state index contributed by atoms with van der Waals surface area (Å²) in [5.74, 6) is 1.65. The van der Waals surface area contributed by atoms with E-state index in [0.717, 1.165) is 49.7 Å². The van der Waals surface area contributed by atoms with Crippen LogP contribution in [0.1, 0.15) is 38.2 Å². The molecule has 1 saturated carbocycles. The molecule has 146 valence electrons. The molecule has 1 atom stereocenters. The van der Waals surface area contributed by atoms with Gasteiger partial charge in [-0.15, -0.1) is 24.0 Å². The second-order valence-electron chi connectivity index (χ2n) is 7.42. The van der Waals surface area contributed by atoms with Crippen molar-refractivity contribution in [2.45, 2.75) is 38.0 Å². The molecule has 1 heterocycles. The van der Waals surface area contributed by atoms with Gasteiger partial charge < -0.3 is 15.0 Å². The van der Waals surface area contributed by atoms with Crippen molar-refractivity contribution in [2.24, 2.45) is 10.9 Å². The molecule has 0 spiro atoms. The standard InChI is InChI=1S/C20H30BrN3O.HI/c1-3-22-19(24(2)13-16-9-12-25-14-16)23-15-20(10-4-11-20)17-5-7-18(21)8-6-17;/h5-8,16H,3-4,9-15H2,1-2H3,(H,22,23);1H. The van der Waals surface area contributed by atoms with E-state index in [9.17, 15) is 0 Å². The van der Waals surface area contributed by atoms with Gasteiger partial charge in [0.25, 0.3) is 0 Å². The first kappa shape index (κ1) is 22.0. The van der Waals surface area contributed by atoms with E-state index >= 15 is 0 Å². The summed E-state index contributed by atoms with van der Waals surface area (Å²) < 4.78 is 6.66. The molecule has 0 radical (unpaired) electrons. The van der Waals surface area contributed by atoms with Gasteiger partial charge in [0.15, 0.2) is 5.96 Å². The lowest BCUT2D eigenvalue weighted by Crippen LogP contribution is -2.44. The van der Waals surface area contributed by atoms with Crippen molar-refractivity contribution in [1.82, 2.24) is 10.2 Å². The fourth-order valence-electron chi connectivity index (χ4n) is 3.84. The smallest absolute Gasteiger partial charge is 0.193 e. The fraction of sp³-hybridized carbons (Fsp3) is 0.650. The molecule has 26 heavy (non-hydrogen) atoms. The maximum atomic E-state index is 5.52. The van der Waals surface area contributed by atoms with E-state index in [1.165, 1.54) is 24.8 Å². The maximum Gasteiger partial charge on any atom is 0.193 e. The Morgan fingerprint density at radius 3 is 2.62 bits per heavy atom. The Morgan fingerprint density at radius 2 is 2.08 bits per heavy atom. The van der Waals surface area contributed by atoms with Crippen LogP contribution in [-0.2, 0) is 10.2 Å². The number of hydrogen-bond acceptors (Lipinski definition) is 2. The lowest BCUT2D eigenvalue weighted by molar-refractivity contribution is 0.181. The molecule has 1 aromatic rings. The Kier molecular flexibility index (Phi) is 8.67. The Bertz CT molecular complexity index is 583. The number of ether oxygens (including phenoxy) is 1. The molecule has 4 nitrogen and oxygen atoms in total. The van der Waals surface area contributed by atoms with Crippen LogP contribution in [0.3, 0.4) is 0 Å². The van der Waals surface area contributed by atoms with Crippen molar-refractivity contribution in [3.8, 4) is 0 Å². The van der Waals surface area contributed by atoms with Crippen molar-refractivity contribution in [2.75, 3.05) is 39.9 Å². The highest BCUT2D eigenvalue weighted by Gasteiger charge is 2.38. The van der Waals surface area contributed by atoms with Gasteiger partial charge in [-0.2, -0.15) is 0 Å².